The van der Waals surface area contributed by atoms with Gasteiger partial charge in [-0.2, -0.15) is 8.78 Å². The molecule has 1 aromatic rings. The molecular formula is C10H8BrF3O3. The van der Waals surface area contributed by atoms with Gasteiger partial charge >= 0.3 is 12.6 Å². The van der Waals surface area contributed by atoms with E-state index in [1.165, 1.54) is 0 Å². The van der Waals surface area contributed by atoms with Crippen molar-refractivity contribution in [1.82, 2.24) is 0 Å². The molecule has 0 aromatic heterocycles. The summed E-state index contributed by atoms with van der Waals surface area (Å²) in [5.74, 6) is -2.24. The first-order valence-corrected chi connectivity index (χ1v) is 5.60. The molecule has 0 unspecified atom stereocenters. The van der Waals surface area contributed by atoms with Crippen LogP contribution in [0.15, 0.2) is 12.1 Å². The second-order valence-corrected chi connectivity index (χ2v) is 3.69. The molecule has 17 heavy (non-hydrogen) atoms. The van der Waals surface area contributed by atoms with Crippen LogP contribution in [-0.4, -0.2) is 17.7 Å². The van der Waals surface area contributed by atoms with E-state index in [2.05, 4.69) is 20.7 Å². The lowest BCUT2D eigenvalue weighted by Crippen LogP contribution is -2.08. The van der Waals surface area contributed by atoms with E-state index in [9.17, 15) is 18.0 Å². The Morgan fingerprint density at radius 3 is 2.53 bits per heavy atom. The van der Waals surface area contributed by atoms with Gasteiger partial charge in [0.25, 0.3) is 0 Å². The maximum Gasteiger partial charge on any atom is 0.387 e. The normalized spacial score (nSPS) is 10.6. The Hall–Kier alpha value is -1.24. The largest absolute Gasteiger partial charge is 0.481 e. The summed E-state index contributed by atoms with van der Waals surface area (Å²) >= 11 is 3.00. The monoisotopic (exact) mass is 312 g/mol. The Labute approximate surface area is 103 Å². The van der Waals surface area contributed by atoms with E-state index >= 15 is 0 Å². The quantitative estimate of drug-likeness (QED) is 0.850. The highest BCUT2D eigenvalue weighted by atomic mass is 79.9. The van der Waals surface area contributed by atoms with Crippen LogP contribution in [0.4, 0.5) is 13.2 Å². The molecule has 0 amide bonds. The summed E-state index contributed by atoms with van der Waals surface area (Å²) in [6.45, 7) is -3.05. The molecule has 3 nitrogen and oxygen atoms in total. The zero-order valence-electron chi connectivity index (χ0n) is 8.42. The zero-order chi connectivity index (χ0) is 13.0. The number of halogens is 4. The molecule has 1 rings (SSSR count). The fourth-order valence-corrected chi connectivity index (χ4v) is 1.68. The molecule has 7 heteroatoms. The molecule has 0 heterocycles. The lowest BCUT2D eigenvalue weighted by Gasteiger charge is -2.11. The molecule has 0 atom stereocenters. The molecule has 0 saturated carbocycles. The van der Waals surface area contributed by atoms with Crippen LogP contribution < -0.4 is 4.74 Å². The van der Waals surface area contributed by atoms with Crippen molar-refractivity contribution in [1.29, 1.82) is 0 Å². The third-order valence-corrected chi connectivity index (χ3v) is 2.54. The number of ether oxygens (including phenoxy) is 1. The van der Waals surface area contributed by atoms with Crippen LogP contribution >= 0.6 is 15.9 Å². The van der Waals surface area contributed by atoms with E-state index in [4.69, 9.17) is 5.11 Å². The summed E-state index contributed by atoms with van der Waals surface area (Å²) in [4.78, 5) is 10.4. The van der Waals surface area contributed by atoms with E-state index in [1.54, 1.807) is 0 Å². The Kier molecular flexibility index (Phi) is 4.80. The van der Waals surface area contributed by atoms with Crippen molar-refractivity contribution in [3.63, 3.8) is 0 Å². The van der Waals surface area contributed by atoms with Gasteiger partial charge in [0.1, 0.15) is 11.6 Å². The highest BCUT2D eigenvalue weighted by molar-refractivity contribution is 9.08. The molecule has 0 saturated heterocycles. The Morgan fingerprint density at radius 2 is 2.06 bits per heavy atom. The van der Waals surface area contributed by atoms with Crippen LogP contribution in [0.1, 0.15) is 11.1 Å². The summed E-state index contributed by atoms with van der Waals surface area (Å²) < 4.78 is 41.7. The maximum absolute atomic E-state index is 13.4. The topological polar surface area (TPSA) is 46.5 Å². The summed E-state index contributed by atoms with van der Waals surface area (Å²) in [5.41, 5.74) is -0.00483. The van der Waals surface area contributed by atoms with Gasteiger partial charge in [-0.05, 0) is 12.1 Å². The molecule has 0 aliphatic carbocycles. The number of carboxylic acids is 1. The van der Waals surface area contributed by atoms with Crippen LogP contribution in [0, 0.1) is 5.82 Å². The third-order valence-electron chi connectivity index (χ3n) is 1.93. The van der Waals surface area contributed by atoms with Gasteiger partial charge in [0, 0.05) is 16.5 Å². The van der Waals surface area contributed by atoms with Crippen molar-refractivity contribution in [2.24, 2.45) is 0 Å². The number of carboxylic acid groups (broad SMARTS) is 1. The minimum absolute atomic E-state index is 0.124. The van der Waals surface area contributed by atoms with Crippen molar-refractivity contribution in [3.05, 3.63) is 29.1 Å². The fourth-order valence-electron chi connectivity index (χ4n) is 1.25. The maximum atomic E-state index is 13.4. The van der Waals surface area contributed by atoms with Gasteiger partial charge in [-0.25, -0.2) is 4.39 Å². The van der Waals surface area contributed by atoms with Crippen LogP contribution in [-0.2, 0) is 16.5 Å². The van der Waals surface area contributed by atoms with Gasteiger partial charge in [-0.1, -0.05) is 15.9 Å². The van der Waals surface area contributed by atoms with Crippen molar-refractivity contribution in [2.75, 3.05) is 0 Å². The minimum atomic E-state index is -3.05. The number of rotatable bonds is 5. The van der Waals surface area contributed by atoms with Gasteiger partial charge in [-0.3, -0.25) is 4.79 Å². The summed E-state index contributed by atoms with van der Waals surface area (Å²) in [6.07, 6.45) is -0.589. The summed E-state index contributed by atoms with van der Waals surface area (Å²) in [7, 11) is 0. The molecular weight excluding hydrogens is 305 g/mol. The Bertz CT molecular complexity index is 424. The van der Waals surface area contributed by atoms with E-state index in [1.807, 2.05) is 0 Å². The molecule has 0 bridgehead atoms. The minimum Gasteiger partial charge on any atom is -0.481 e. The molecule has 0 aliphatic rings. The van der Waals surface area contributed by atoms with E-state index in [-0.39, 0.29) is 22.2 Å². The standard InChI is InChI=1S/C10H8BrF3O3/c11-4-6-1-7(12)5(3-9(15)16)2-8(6)17-10(13)14/h1-2,10H,3-4H2,(H,15,16). The average molecular weight is 313 g/mol. The molecule has 0 radical (unpaired) electrons. The second-order valence-electron chi connectivity index (χ2n) is 3.13. The lowest BCUT2D eigenvalue weighted by atomic mass is 10.1. The summed E-state index contributed by atoms with van der Waals surface area (Å²) in [6, 6.07) is 1.96. The molecule has 94 valence electrons. The van der Waals surface area contributed by atoms with E-state index < -0.39 is 24.8 Å². The van der Waals surface area contributed by atoms with Crippen molar-refractivity contribution in [3.8, 4) is 5.75 Å². The first-order valence-electron chi connectivity index (χ1n) is 4.48. The predicted molar refractivity (Wildman–Crippen MR) is 57.0 cm³/mol. The third kappa shape index (κ3) is 3.92. The van der Waals surface area contributed by atoms with Crippen molar-refractivity contribution >= 4 is 21.9 Å². The summed E-state index contributed by atoms with van der Waals surface area (Å²) in [5, 5.41) is 8.65. The highest BCUT2D eigenvalue weighted by Crippen LogP contribution is 2.27. The van der Waals surface area contributed by atoms with Gasteiger partial charge in [0.15, 0.2) is 0 Å². The highest BCUT2D eigenvalue weighted by Gasteiger charge is 2.15. The number of aliphatic carboxylic acids is 1. The fraction of sp³-hybridized carbons (Fsp3) is 0.300. The Morgan fingerprint density at radius 1 is 1.41 bits per heavy atom. The van der Waals surface area contributed by atoms with Gasteiger partial charge in [0.2, 0.25) is 0 Å². The SMILES string of the molecule is O=C(O)Cc1cc(OC(F)F)c(CBr)cc1F. The second kappa shape index (κ2) is 5.90. The zero-order valence-corrected chi connectivity index (χ0v) is 10.0. The van der Waals surface area contributed by atoms with Crippen LogP contribution in [0.2, 0.25) is 0 Å². The molecule has 1 N–H and O–H groups in total. The van der Waals surface area contributed by atoms with Crippen LogP contribution in [0.3, 0.4) is 0 Å². The van der Waals surface area contributed by atoms with Gasteiger partial charge in [0.05, 0.1) is 6.42 Å². The number of benzene rings is 1. The Balaban J connectivity index is 3.12. The smallest absolute Gasteiger partial charge is 0.387 e. The molecule has 0 aliphatic heterocycles. The number of carbonyl (C=O) groups is 1. The van der Waals surface area contributed by atoms with Crippen LogP contribution in [0.25, 0.3) is 0 Å². The van der Waals surface area contributed by atoms with E-state index in [0.29, 0.717) is 0 Å². The van der Waals surface area contributed by atoms with Crippen molar-refractivity contribution < 1.29 is 27.8 Å². The predicted octanol–water partition coefficient (Wildman–Crippen LogP) is 2.95. The number of alkyl halides is 3. The lowest BCUT2D eigenvalue weighted by molar-refractivity contribution is -0.136. The molecule has 1 aromatic carbocycles. The van der Waals surface area contributed by atoms with Gasteiger partial charge in [-0.15, -0.1) is 0 Å². The molecule has 0 fully saturated rings. The molecule has 0 spiro atoms. The van der Waals surface area contributed by atoms with Crippen LogP contribution in [0.5, 0.6) is 5.75 Å². The average Bonchev–Trinajstić information content (AvgIpc) is 2.21. The number of hydrogen-bond donors (Lipinski definition) is 1. The number of hydrogen-bond acceptors (Lipinski definition) is 2. The van der Waals surface area contributed by atoms with Crippen molar-refractivity contribution in [2.45, 2.75) is 18.4 Å². The first-order chi connectivity index (χ1) is 7.93. The first kappa shape index (κ1) is 13.8. The van der Waals surface area contributed by atoms with E-state index in [0.717, 1.165) is 12.1 Å². The van der Waals surface area contributed by atoms with Gasteiger partial charge < -0.3 is 9.84 Å².